The first-order valence-corrected chi connectivity index (χ1v) is 8.66. The number of benzene rings is 2. The van der Waals surface area contributed by atoms with Gasteiger partial charge in [-0.25, -0.2) is 0 Å². The highest BCUT2D eigenvalue weighted by Gasteiger charge is 2.28. The molecule has 0 aliphatic carbocycles. The molecule has 0 saturated carbocycles. The number of aromatic amines is 2. The maximum Gasteiger partial charge on any atom is 0.235 e. The van der Waals surface area contributed by atoms with Gasteiger partial charge in [0, 0.05) is 56.0 Å². The third kappa shape index (κ3) is 2.05. The van der Waals surface area contributed by atoms with Crippen molar-refractivity contribution >= 4 is 21.8 Å². The molecule has 2 N–H and O–H groups in total. The standard InChI is InChI=1S/C22H16N2O3/c1-11-18(13-5-3-4-6-17(13)24-11)20-19(21(25)22(20)26)15-10-23-16-8-7-12(27-2)9-14(15)16/h3-10,23-24H,1-2H3. The van der Waals surface area contributed by atoms with E-state index in [1.54, 1.807) is 13.3 Å². The summed E-state index contributed by atoms with van der Waals surface area (Å²) in [5.41, 5.74) is 4.32. The Bertz CT molecular complexity index is 1410. The molecule has 0 fully saturated rings. The fourth-order valence-corrected chi connectivity index (χ4v) is 3.92. The lowest BCUT2D eigenvalue weighted by Crippen LogP contribution is -2.35. The predicted molar refractivity (Wildman–Crippen MR) is 107 cm³/mol. The molecule has 5 nitrogen and oxygen atoms in total. The van der Waals surface area contributed by atoms with Crippen LogP contribution in [0.15, 0.2) is 58.3 Å². The molecule has 5 aromatic rings. The number of H-pyrrole nitrogens is 2. The summed E-state index contributed by atoms with van der Waals surface area (Å²) in [5.74, 6) is 0.701. The van der Waals surface area contributed by atoms with E-state index < -0.39 is 10.9 Å². The smallest absolute Gasteiger partial charge is 0.235 e. The summed E-state index contributed by atoms with van der Waals surface area (Å²) in [6, 6.07) is 13.4. The highest BCUT2D eigenvalue weighted by Crippen LogP contribution is 2.39. The Kier molecular flexibility index (Phi) is 3.15. The van der Waals surface area contributed by atoms with Crippen molar-refractivity contribution in [3.63, 3.8) is 0 Å². The zero-order valence-corrected chi connectivity index (χ0v) is 14.8. The molecule has 0 aliphatic heterocycles. The van der Waals surface area contributed by atoms with Crippen molar-refractivity contribution in [2.24, 2.45) is 0 Å². The number of hydrogen-bond donors (Lipinski definition) is 2. The number of hydrogen-bond acceptors (Lipinski definition) is 3. The van der Waals surface area contributed by atoms with E-state index in [4.69, 9.17) is 4.74 Å². The summed E-state index contributed by atoms with van der Waals surface area (Å²) in [6.07, 6.45) is 1.79. The summed E-state index contributed by atoms with van der Waals surface area (Å²) in [4.78, 5) is 31.6. The zero-order valence-electron chi connectivity index (χ0n) is 14.8. The average molecular weight is 356 g/mol. The van der Waals surface area contributed by atoms with Crippen LogP contribution >= 0.6 is 0 Å². The van der Waals surface area contributed by atoms with Crippen molar-refractivity contribution in [2.45, 2.75) is 6.92 Å². The van der Waals surface area contributed by atoms with Gasteiger partial charge in [0.1, 0.15) is 5.75 Å². The second-order valence-corrected chi connectivity index (χ2v) is 6.69. The van der Waals surface area contributed by atoms with Crippen LogP contribution in [0.1, 0.15) is 5.69 Å². The molecule has 5 heteroatoms. The van der Waals surface area contributed by atoms with Crippen molar-refractivity contribution in [3.05, 3.63) is 74.8 Å². The molecule has 3 aromatic carbocycles. The predicted octanol–water partition coefficient (Wildman–Crippen LogP) is 3.90. The summed E-state index contributed by atoms with van der Waals surface area (Å²) >= 11 is 0. The Morgan fingerprint density at radius 3 is 2.44 bits per heavy atom. The fraction of sp³-hybridized carbons (Fsp3) is 0.0909. The second kappa shape index (κ2) is 5.45. The maximum atomic E-state index is 12.6. The molecule has 27 heavy (non-hydrogen) atoms. The van der Waals surface area contributed by atoms with E-state index in [9.17, 15) is 9.59 Å². The first-order valence-electron chi connectivity index (χ1n) is 8.66. The third-order valence-electron chi connectivity index (χ3n) is 5.21. The third-order valence-corrected chi connectivity index (χ3v) is 5.21. The lowest BCUT2D eigenvalue weighted by atomic mass is 9.88. The number of fused-ring (bicyclic) bond motifs is 2. The Hall–Kier alpha value is -3.60. The van der Waals surface area contributed by atoms with Gasteiger partial charge in [-0.05, 0) is 31.2 Å². The quantitative estimate of drug-likeness (QED) is 0.482. The van der Waals surface area contributed by atoms with E-state index in [0.717, 1.165) is 38.6 Å². The molecule has 0 saturated heterocycles. The second-order valence-electron chi connectivity index (χ2n) is 6.69. The van der Waals surface area contributed by atoms with Crippen LogP contribution in [-0.4, -0.2) is 17.1 Å². The first-order chi connectivity index (χ1) is 13.1. The van der Waals surface area contributed by atoms with Gasteiger partial charge in [0.2, 0.25) is 10.9 Å². The van der Waals surface area contributed by atoms with Gasteiger partial charge in [-0.3, -0.25) is 9.59 Å². The number of ether oxygens (including phenoxy) is 1. The molecule has 0 aliphatic rings. The molecular formula is C22H16N2O3. The maximum absolute atomic E-state index is 12.6. The lowest BCUT2D eigenvalue weighted by Gasteiger charge is -2.11. The average Bonchev–Trinajstić information content (AvgIpc) is 3.24. The Morgan fingerprint density at radius 2 is 1.63 bits per heavy atom. The number of para-hydroxylation sites is 1. The summed E-state index contributed by atoms with van der Waals surface area (Å²) in [5, 5.41) is 1.81. The van der Waals surface area contributed by atoms with Crippen molar-refractivity contribution in [1.29, 1.82) is 0 Å². The largest absolute Gasteiger partial charge is 0.497 e. The minimum absolute atomic E-state index is 0.435. The van der Waals surface area contributed by atoms with Crippen molar-refractivity contribution in [3.8, 4) is 28.0 Å². The van der Waals surface area contributed by atoms with Crippen LogP contribution in [0.2, 0.25) is 0 Å². The summed E-state index contributed by atoms with van der Waals surface area (Å²) in [6.45, 7) is 1.92. The normalized spacial score (nSPS) is 11.6. The molecule has 0 unspecified atom stereocenters. The molecule has 0 spiro atoms. The van der Waals surface area contributed by atoms with Crippen molar-refractivity contribution < 1.29 is 4.74 Å². The highest BCUT2D eigenvalue weighted by atomic mass is 16.5. The topological polar surface area (TPSA) is 75.0 Å². The number of rotatable bonds is 3. The van der Waals surface area contributed by atoms with Crippen LogP contribution < -0.4 is 15.6 Å². The van der Waals surface area contributed by atoms with Gasteiger partial charge < -0.3 is 14.7 Å². The van der Waals surface area contributed by atoms with Crippen LogP contribution in [0.25, 0.3) is 44.1 Å². The molecule has 0 radical (unpaired) electrons. The SMILES string of the molecule is COc1ccc2[nH]cc(-c3c(-c4c(C)[nH]c5ccccc45)c(=O)c3=O)c2c1. The van der Waals surface area contributed by atoms with Crippen molar-refractivity contribution in [2.75, 3.05) is 7.11 Å². The Balaban J connectivity index is 1.82. The number of aryl methyl sites for hydroxylation is 1. The fourth-order valence-electron chi connectivity index (χ4n) is 3.92. The van der Waals surface area contributed by atoms with Crippen LogP contribution in [0, 0.1) is 6.92 Å². The molecule has 0 atom stereocenters. The van der Waals surface area contributed by atoms with E-state index in [1.165, 1.54) is 0 Å². The van der Waals surface area contributed by atoms with E-state index >= 15 is 0 Å². The molecule has 0 amide bonds. The van der Waals surface area contributed by atoms with E-state index in [1.807, 2.05) is 49.4 Å². The van der Waals surface area contributed by atoms with Gasteiger partial charge >= 0.3 is 0 Å². The lowest BCUT2D eigenvalue weighted by molar-refractivity contribution is 0.415. The highest BCUT2D eigenvalue weighted by molar-refractivity contribution is 6.07. The monoisotopic (exact) mass is 356 g/mol. The Labute approximate surface area is 153 Å². The van der Waals surface area contributed by atoms with Gasteiger partial charge in [0.05, 0.1) is 7.11 Å². The molecule has 2 heterocycles. The van der Waals surface area contributed by atoms with Crippen LogP contribution in [0.5, 0.6) is 5.75 Å². The van der Waals surface area contributed by atoms with E-state index in [0.29, 0.717) is 16.9 Å². The number of nitrogens with one attached hydrogen (secondary N) is 2. The molecular weight excluding hydrogens is 340 g/mol. The van der Waals surface area contributed by atoms with Gasteiger partial charge in [0.25, 0.3) is 0 Å². The van der Waals surface area contributed by atoms with Crippen LogP contribution in [0.4, 0.5) is 0 Å². The van der Waals surface area contributed by atoms with Gasteiger partial charge in [-0.15, -0.1) is 0 Å². The zero-order chi connectivity index (χ0) is 18.7. The molecule has 0 bridgehead atoms. The number of aromatic nitrogens is 2. The minimum atomic E-state index is -0.446. The van der Waals surface area contributed by atoms with Gasteiger partial charge in [-0.1, -0.05) is 18.2 Å². The first kappa shape index (κ1) is 15.6. The van der Waals surface area contributed by atoms with Crippen LogP contribution in [-0.2, 0) is 0 Å². The summed E-state index contributed by atoms with van der Waals surface area (Å²) < 4.78 is 5.32. The summed E-state index contributed by atoms with van der Waals surface area (Å²) in [7, 11) is 1.60. The van der Waals surface area contributed by atoms with E-state index in [-0.39, 0.29) is 0 Å². The van der Waals surface area contributed by atoms with Gasteiger partial charge in [0.15, 0.2) is 0 Å². The molecule has 5 rings (SSSR count). The minimum Gasteiger partial charge on any atom is -0.497 e. The van der Waals surface area contributed by atoms with Crippen molar-refractivity contribution in [1.82, 2.24) is 9.97 Å². The molecule has 2 aromatic heterocycles. The molecule has 132 valence electrons. The van der Waals surface area contributed by atoms with E-state index in [2.05, 4.69) is 9.97 Å². The van der Waals surface area contributed by atoms with Crippen LogP contribution in [0.3, 0.4) is 0 Å². The Morgan fingerprint density at radius 1 is 0.852 bits per heavy atom. The van der Waals surface area contributed by atoms with Gasteiger partial charge in [-0.2, -0.15) is 0 Å². The number of methoxy groups -OCH3 is 1.